The maximum Gasteiger partial charge on any atom is 0.153 e. The van der Waals surface area contributed by atoms with Crippen LogP contribution in [-0.2, 0) is 5.88 Å². The SMILES string of the molecule is Cc1ccc(Cl)c2occ(CCl)c12. The summed E-state index contributed by atoms with van der Waals surface area (Å²) < 4.78 is 5.34. The van der Waals surface area contributed by atoms with E-state index in [0.29, 0.717) is 10.9 Å². The molecule has 0 aliphatic heterocycles. The van der Waals surface area contributed by atoms with Crippen LogP contribution in [0.1, 0.15) is 11.1 Å². The molecule has 2 rings (SSSR count). The molecule has 1 heterocycles. The van der Waals surface area contributed by atoms with E-state index < -0.39 is 0 Å². The van der Waals surface area contributed by atoms with Crippen molar-refractivity contribution in [2.24, 2.45) is 0 Å². The van der Waals surface area contributed by atoms with Gasteiger partial charge >= 0.3 is 0 Å². The first-order valence-corrected chi connectivity index (χ1v) is 4.86. The van der Waals surface area contributed by atoms with Crippen molar-refractivity contribution in [1.82, 2.24) is 0 Å². The maximum absolute atomic E-state index is 5.96. The zero-order valence-corrected chi connectivity index (χ0v) is 8.62. The maximum atomic E-state index is 5.96. The molecule has 0 amide bonds. The van der Waals surface area contributed by atoms with Crippen LogP contribution in [0.3, 0.4) is 0 Å². The monoisotopic (exact) mass is 214 g/mol. The van der Waals surface area contributed by atoms with Crippen molar-refractivity contribution in [1.29, 1.82) is 0 Å². The molecule has 1 aromatic heterocycles. The van der Waals surface area contributed by atoms with Gasteiger partial charge in [-0.15, -0.1) is 11.6 Å². The standard InChI is InChI=1S/C10H8Cl2O/c1-6-2-3-8(12)10-9(6)7(4-11)5-13-10/h2-3,5H,4H2,1H3. The van der Waals surface area contributed by atoms with Gasteiger partial charge in [-0.25, -0.2) is 0 Å². The van der Waals surface area contributed by atoms with Crippen molar-refractivity contribution >= 4 is 34.2 Å². The number of fused-ring (bicyclic) bond motifs is 1. The molecule has 1 nitrogen and oxygen atoms in total. The van der Waals surface area contributed by atoms with E-state index in [4.69, 9.17) is 27.6 Å². The predicted molar refractivity (Wildman–Crippen MR) is 55.5 cm³/mol. The third-order valence-corrected chi connectivity index (χ3v) is 2.69. The second kappa shape index (κ2) is 3.24. The fourth-order valence-electron chi connectivity index (χ4n) is 1.46. The summed E-state index contributed by atoms with van der Waals surface area (Å²) in [7, 11) is 0. The van der Waals surface area contributed by atoms with Gasteiger partial charge in [-0.2, -0.15) is 0 Å². The van der Waals surface area contributed by atoms with Crippen LogP contribution in [-0.4, -0.2) is 0 Å². The Labute approximate surface area is 86.2 Å². The van der Waals surface area contributed by atoms with Crippen LogP contribution in [0.4, 0.5) is 0 Å². The summed E-state index contributed by atoms with van der Waals surface area (Å²) in [6, 6.07) is 3.80. The summed E-state index contributed by atoms with van der Waals surface area (Å²) in [5, 5.41) is 1.68. The first-order chi connectivity index (χ1) is 6.24. The molecule has 0 aliphatic rings. The number of halogens is 2. The fourth-order valence-corrected chi connectivity index (χ4v) is 1.86. The molecular weight excluding hydrogens is 207 g/mol. The molecule has 1 aromatic carbocycles. The summed E-state index contributed by atoms with van der Waals surface area (Å²) in [4.78, 5) is 0. The molecule has 0 spiro atoms. The minimum atomic E-state index is 0.453. The zero-order chi connectivity index (χ0) is 9.42. The molecule has 0 aliphatic carbocycles. The van der Waals surface area contributed by atoms with E-state index in [1.807, 2.05) is 19.1 Å². The number of hydrogen-bond acceptors (Lipinski definition) is 1. The van der Waals surface area contributed by atoms with Gasteiger partial charge in [0, 0.05) is 10.9 Å². The summed E-state index contributed by atoms with van der Waals surface area (Å²) in [5.74, 6) is 0.453. The van der Waals surface area contributed by atoms with Gasteiger partial charge in [0.2, 0.25) is 0 Å². The predicted octanol–water partition coefficient (Wildman–Crippen LogP) is 4.13. The first-order valence-electron chi connectivity index (χ1n) is 3.95. The van der Waals surface area contributed by atoms with Gasteiger partial charge in [-0.3, -0.25) is 0 Å². The van der Waals surface area contributed by atoms with Crippen LogP contribution >= 0.6 is 23.2 Å². The lowest BCUT2D eigenvalue weighted by molar-refractivity contribution is 0.612. The highest BCUT2D eigenvalue weighted by molar-refractivity contribution is 6.35. The highest BCUT2D eigenvalue weighted by Gasteiger charge is 2.10. The van der Waals surface area contributed by atoms with Crippen LogP contribution in [0.15, 0.2) is 22.8 Å². The van der Waals surface area contributed by atoms with Gasteiger partial charge in [0.25, 0.3) is 0 Å². The Morgan fingerprint density at radius 1 is 1.38 bits per heavy atom. The Hall–Kier alpha value is -0.660. The average molecular weight is 215 g/mol. The van der Waals surface area contributed by atoms with E-state index in [9.17, 15) is 0 Å². The van der Waals surface area contributed by atoms with Gasteiger partial charge in [0.05, 0.1) is 17.2 Å². The molecule has 0 radical (unpaired) electrons. The molecule has 0 unspecified atom stereocenters. The number of hydrogen-bond donors (Lipinski definition) is 0. The first kappa shape index (κ1) is 8.92. The molecule has 13 heavy (non-hydrogen) atoms. The summed E-state index contributed by atoms with van der Waals surface area (Å²) in [6.45, 7) is 2.02. The molecule has 68 valence electrons. The van der Waals surface area contributed by atoms with Gasteiger partial charge < -0.3 is 4.42 Å². The Kier molecular flexibility index (Phi) is 2.22. The number of alkyl halides is 1. The van der Waals surface area contributed by atoms with E-state index in [2.05, 4.69) is 0 Å². The molecule has 0 bridgehead atoms. The Bertz CT molecular complexity index is 445. The molecule has 2 aromatic rings. The third-order valence-electron chi connectivity index (χ3n) is 2.10. The van der Waals surface area contributed by atoms with Gasteiger partial charge in [-0.1, -0.05) is 17.7 Å². The molecular formula is C10H8Cl2O. The van der Waals surface area contributed by atoms with Crippen molar-refractivity contribution < 1.29 is 4.42 Å². The van der Waals surface area contributed by atoms with E-state index in [1.165, 1.54) is 0 Å². The van der Waals surface area contributed by atoms with Crippen LogP contribution < -0.4 is 0 Å². The van der Waals surface area contributed by atoms with Crippen LogP contribution in [0.5, 0.6) is 0 Å². The van der Waals surface area contributed by atoms with Gasteiger partial charge in [0.15, 0.2) is 5.58 Å². The van der Waals surface area contributed by atoms with Crippen LogP contribution in [0.2, 0.25) is 5.02 Å². The van der Waals surface area contributed by atoms with E-state index in [0.717, 1.165) is 22.1 Å². The Morgan fingerprint density at radius 3 is 2.85 bits per heavy atom. The van der Waals surface area contributed by atoms with Crippen molar-refractivity contribution in [2.45, 2.75) is 12.8 Å². The molecule has 0 N–H and O–H groups in total. The second-order valence-electron chi connectivity index (χ2n) is 2.96. The smallest absolute Gasteiger partial charge is 0.153 e. The molecule has 0 fully saturated rings. The molecule has 0 atom stereocenters. The molecule has 0 saturated carbocycles. The van der Waals surface area contributed by atoms with Crippen molar-refractivity contribution in [2.75, 3.05) is 0 Å². The highest BCUT2D eigenvalue weighted by Crippen LogP contribution is 2.31. The highest BCUT2D eigenvalue weighted by atomic mass is 35.5. The number of aryl methyl sites for hydroxylation is 1. The topological polar surface area (TPSA) is 13.1 Å². The molecule has 0 saturated heterocycles. The van der Waals surface area contributed by atoms with Crippen molar-refractivity contribution in [3.8, 4) is 0 Å². The van der Waals surface area contributed by atoms with E-state index >= 15 is 0 Å². The fraction of sp³-hybridized carbons (Fsp3) is 0.200. The minimum Gasteiger partial charge on any atom is -0.462 e. The quantitative estimate of drug-likeness (QED) is 0.651. The van der Waals surface area contributed by atoms with Gasteiger partial charge in [0.1, 0.15) is 0 Å². The molecule has 3 heteroatoms. The minimum absolute atomic E-state index is 0.453. The van der Waals surface area contributed by atoms with Crippen molar-refractivity contribution in [3.05, 3.63) is 34.5 Å². The Morgan fingerprint density at radius 2 is 2.15 bits per heavy atom. The van der Waals surface area contributed by atoms with Crippen molar-refractivity contribution in [3.63, 3.8) is 0 Å². The number of furan rings is 1. The summed E-state index contributed by atoms with van der Waals surface area (Å²) in [5.41, 5.74) is 2.87. The summed E-state index contributed by atoms with van der Waals surface area (Å²) >= 11 is 11.7. The average Bonchev–Trinajstić information content (AvgIpc) is 2.56. The Balaban J connectivity index is 2.87. The van der Waals surface area contributed by atoms with Crippen LogP contribution in [0.25, 0.3) is 11.0 Å². The van der Waals surface area contributed by atoms with E-state index in [-0.39, 0.29) is 0 Å². The largest absolute Gasteiger partial charge is 0.462 e. The number of benzene rings is 1. The lowest BCUT2D eigenvalue weighted by atomic mass is 10.1. The lowest BCUT2D eigenvalue weighted by Crippen LogP contribution is -1.79. The third kappa shape index (κ3) is 1.32. The second-order valence-corrected chi connectivity index (χ2v) is 3.64. The van der Waals surface area contributed by atoms with Crippen LogP contribution in [0, 0.1) is 6.92 Å². The zero-order valence-electron chi connectivity index (χ0n) is 7.10. The van der Waals surface area contributed by atoms with E-state index in [1.54, 1.807) is 6.26 Å². The summed E-state index contributed by atoms with van der Waals surface area (Å²) in [6.07, 6.45) is 1.66. The normalized spacial score (nSPS) is 11.0. The number of rotatable bonds is 1. The lowest BCUT2D eigenvalue weighted by Gasteiger charge is -1.98. The van der Waals surface area contributed by atoms with Gasteiger partial charge in [-0.05, 0) is 18.6 Å².